The monoisotopic (exact) mass is 218 g/mol. The van der Waals surface area contributed by atoms with Gasteiger partial charge in [-0.3, -0.25) is 4.79 Å². The largest absolute Gasteiger partial charge is 0.468 e. The van der Waals surface area contributed by atoms with Crippen molar-refractivity contribution in [2.75, 3.05) is 27.2 Å². The Hall–Kier alpha value is -0.680. The molecular formula is C10H19FN2O2. The molecule has 2 N–H and O–H groups in total. The van der Waals surface area contributed by atoms with Crippen molar-refractivity contribution in [2.45, 2.75) is 25.1 Å². The Balaban J connectivity index is 2.45. The number of nitrogens with two attached hydrogens (primary N) is 1. The molecule has 0 radical (unpaired) electrons. The van der Waals surface area contributed by atoms with Crippen LogP contribution in [-0.2, 0) is 9.53 Å². The smallest absolute Gasteiger partial charge is 0.325 e. The van der Waals surface area contributed by atoms with E-state index in [0.29, 0.717) is 0 Å². The van der Waals surface area contributed by atoms with Gasteiger partial charge in [0.1, 0.15) is 12.2 Å². The molecule has 0 aliphatic carbocycles. The van der Waals surface area contributed by atoms with Gasteiger partial charge in [0, 0.05) is 0 Å². The number of likely N-dealkylation sites (tertiary alicyclic amines) is 1. The number of esters is 1. The Morgan fingerprint density at radius 3 is 2.53 bits per heavy atom. The maximum Gasteiger partial charge on any atom is 0.325 e. The zero-order valence-electron chi connectivity index (χ0n) is 9.28. The summed E-state index contributed by atoms with van der Waals surface area (Å²) < 4.78 is 18.2. The number of halogens is 1. The molecule has 1 aliphatic rings. The number of piperidine rings is 1. The first-order valence-corrected chi connectivity index (χ1v) is 5.22. The average molecular weight is 218 g/mol. The lowest BCUT2D eigenvalue weighted by atomic mass is 9.89. The molecule has 2 unspecified atom stereocenters. The van der Waals surface area contributed by atoms with Gasteiger partial charge in [-0.05, 0) is 38.9 Å². The van der Waals surface area contributed by atoms with E-state index in [2.05, 4.69) is 9.64 Å². The summed E-state index contributed by atoms with van der Waals surface area (Å²) >= 11 is 0. The average Bonchev–Trinajstić information content (AvgIpc) is 2.27. The lowest BCUT2D eigenvalue weighted by Crippen LogP contribution is -2.46. The van der Waals surface area contributed by atoms with Crippen LogP contribution in [0, 0.1) is 5.92 Å². The third-order valence-electron chi connectivity index (χ3n) is 3.03. The van der Waals surface area contributed by atoms with Gasteiger partial charge in [-0.2, -0.15) is 0 Å². The summed E-state index contributed by atoms with van der Waals surface area (Å²) in [5, 5.41) is 0. The van der Waals surface area contributed by atoms with Crippen LogP contribution in [0.5, 0.6) is 0 Å². The number of carbonyl (C=O) groups is 1. The van der Waals surface area contributed by atoms with Crippen LogP contribution in [0.25, 0.3) is 0 Å². The zero-order valence-corrected chi connectivity index (χ0v) is 9.28. The SMILES string of the molecule is COC(=O)C(N)C(F)C1CCN(C)CC1. The zero-order chi connectivity index (χ0) is 11.4. The first kappa shape index (κ1) is 12.4. The van der Waals surface area contributed by atoms with Gasteiger partial charge < -0.3 is 15.4 Å². The predicted molar refractivity (Wildman–Crippen MR) is 55.1 cm³/mol. The van der Waals surface area contributed by atoms with E-state index >= 15 is 0 Å². The van der Waals surface area contributed by atoms with Crippen LogP contribution in [0.1, 0.15) is 12.8 Å². The fourth-order valence-corrected chi connectivity index (χ4v) is 1.91. The highest BCUT2D eigenvalue weighted by Crippen LogP contribution is 2.23. The molecule has 1 heterocycles. The van der Waals surface area contributed by atoms with Gasteiger partial charge in [0.25, 0.3) is 0 Å². The van der Waals surface area contributed by atoms with E-state index in [1.165, 1.54) is 7.11 Å². The molecule has 0 aromatic carbocycles. The van der Waals surface area contributed by atoms with E-state index in [0.717, 1.165) is 25.9 Å². The molecule has 0 amide bonds. The molecule has 2 atom stereocenters. The van der Waals surface area contributed by atoms with E-state index in [4.69, 9.17) is 5.73 Å². The number of hydrogen-bond donors (Lipinski definition) is 1. The van der Waals surface area contributed by atoms with E-state index in [1.54, 1.807) is 0 Å². The fourth-order valence-electron chi connectivity index (χ4n) is 1.91. The second kappa shape index (κ2) is 5.42. The molecule has 4 nitrogen and oxygen atoms in total. The minimum Gasteiger partial charge on any atom is -0.468 e. The number of alkyl halides is 1. The molecule has 0 spiro atoms. The maximum atomic E-state index is 13.8. The first-order chi connectivity index (χ1) is 7.06. The van der Waals surface area contributed by atoms with E-state index in [1.807, 2.05) is 7.05 Å². The normalized spacial score (nSPS) is 23.5. The van der Waals surface area contributed by atoms with Gasteiger partial charge in [0.15, 0.2) is 0 Å². The number of methoxy groups -OCH3 is 1. The summed E-state index contributed by atoms with van der Waals surface area (Å²) in [5.41, 5.74) is 5.47. The molecule has 1 fully saturated rings. The molecule has 0 aromatic rings. The topological polar surface area (TPSA) is 55.6 Å². The van der Waals surface area contributed by atoms with Gasteiger partial charge in [-0.25, -0.2) is 4.39 Å². The molecule has 5 heteroatoms. The van der Waals surface area contributed by atoms with Crippen molar-refractivity contribution in [1.82, 2.24) is 4.90 Å². The number of rotatable bonds is 3. The van der Waals surface area contributed by atoms with Gasteiger partial charge >= 0.3 is 5.97 Å². The molecule has 1 aliphatic heterocycles. The molecular weight excluding hydrogens is 199 g/mol. The molecule has 88 valence electrons. The second-order valence-corrected chi connectivity index (χ2v) is 4.13. The van der Waals surface area contributed by atoms with E-state index in [9.17, 15) is 9.18 Å². The molecule has 0 aromatic heterocycles. The Kier molecular flexibility index (Phi) is 4.47. The summed E-state index contributed by atoms with van der Waals surface area (Å²) in [6, 6.07) is -1.14. The van der Waals surface area contributed by atoms with Gasteiger partial charge in [-0.15, -0.1) is 0 Å². The predicted octanol–water partition coefficient (Wildman–Crippen LogP) is 0.167. The summed E-state index contributed by atoms with van der Waals surface area (Å²) in [4.78, 5) is 13.2. The van der Waals surface area contributed by atoms with Crippen LogP contribution in [0.15, 0.2) is 0 Å². The van der Waals surface area contributed by atoms with Crippen molar-refractivity contribution >= 4 is 5.97 Å². The van der Waals surface area contributed by atoms with Crippen LogP contribution in [0.3, 0.4) is 0 Å². The molecule has 15 heavy (non-hydrogen) atoms. The minimum atomic E-state index is -1.29. The van der Waals surface area contributed by atoms with Crippen LogP contribution in [-0.4, -0.2) is 50.3 Å². The Morgan fingerprint density at radius 2 is 2.07 bits per heavy atom. The van der Waals surface area contributed by atoms with Crippen LogP contribution in [0.2, 0.25) is 0 Å². The van der Waals surface area contributed by atoms with E-state index < -0.39 is 18.2 Å². The third kappa shape index (κ3) is 3.14. The number of carbonyl (C=O) groups excluding carboxylic acids is 1. The number of nitrogens with zero attached hydrogens (tertiary/aromatic N) is 1. The van der Waals surface area contributed by atoms with Crippen molar-refractivity contribution in [1.29, 1.82) is 0 Å². The summed E-state index contributed by atoms with van der Waals surface area (Å²) in [7, 11) is 3.23. The maximum absolute atomic E-state index is 13.8. The third-order valence-corrected chi connectivity index (χ3v) is 3.03. The van der Waals surface area contributed by atoms with Crippen LogP contribution in [0.4, 0.5) is 4.39 Å². The summed E-state index contributed by atoms with van der Waals surface area (Å²) in [6.45, 7) is 1.72. The minimum absolute atomic E-state index is 0.115. The standard InChI is InChI=1S/C10H19FN2O2/c1-13-5-3-7(4-6-13)8(11)9(12)10(14)15-2/h7-9H,3-6,12H2,1-2H3. The molecule has 1 saturated heterocycles. The number of ether oxygens (including phenoxy) is 1. The van der Waals surface area contributed by atoms with E-state index in [-0.39, 0.29) is 5.92 Å². The van der Waals surface area contributed by atoms with Crippen molar-refractivity contribution in [3.63, 3.8) is 0 Å². The van der Waals surface area contributed by atoms with Crippen LogP contribution < -0.4 is 5.73 Å². The molecule has 1 rings (SSSR count). The quantitative estimate of drug-likeness (QED) is 0.686. The molecule has 0 saturated carbocycles. The lowest BCUT2D eigenvalue weighted by Gasteiger charge is -2.32. The lowest BCUT2D eigenvalue weighted by molar-refractivity contribution is -0.144. The van der Waals surface area contributed by atoms with Crippen LogP contribution >= 0.6 is 0 Å². The Morgan fingerprint density at radius 1 is 1.53 bits per heavy atom. The fraction of sp³-hybridized carbons (Fsp3) is 0.900. The Labute approximate surface area is 89.6 Å². The van der Waals surface area contributed by atoms with Crippen molar-refractivity contribution in [3.8, 4) is 0 Å². The highest BCUT2D eigenvalue weighted by Gasteiger charge is 2.33. The van der Waals surface area contributed by atoms with Crippen molar-refractivity contribution in [3.05, 3.63) is 0 Å². The number of hydrogen-bond acceptors (Lipinski definition) is 4. The Bertz CT molecular complexity index is 217. The van der Waals surface area contributed by atoms with Crippen molar-refractivity contribution < 1.29 is 13.9 Å². The van der Waals surface area contributed by atoms with Gasteiger partial charge in [-0.1, -0.05) is 0 Å². The van der Waals surface area contributed by atoms with Crippen molar-refractivity contribution in [2.24, 2.45) is 11.7 Å². The highest BCUT2D eigenvalue weighted by atomic mass is 19.1. The first-order valence-electron chi connectivity index (χ1n) is 5.22. The summed E-state index contributed by atoms with van der Waals surface area (Å²) in [5.74, 6) is -0.781. The van der Waals surface area contributed by atoms with Gasteiger partial charge in [0.05, 0.1) is 7.11 Å². The highest BCUT2D eigenvalue weighted by molar-refractivity contribution is 5.76. The second-order valence-electron chi connectivity index (χ2n) is 4.13. The van der Waals surface area contributed by atoms with Gasteiger partial charge in [0.2, 0.25) is 0 Å². The summed E-state index contributed by atoms with van der Waals surface area (Å²) in [6.07, 6.45) is 0.219. The molecule has 0 bridgehead atoms.